The average Bonchev–Trinajstić information content (AvgIpc) is 2.90. The van der Waals surface area contributed by atoms with Gasteiger partial charge >= 0.3 is 0 Å². The number of ether oxygens (including phenoxy) is 3. The Morgan fingerprint density at radius 1 is 1.05 bits per heavy atom. The van der Waals surface area contributed by atoms with E-state index in [9.17, 15) is 4.79 Å². The highest BCUT2D eigenvalue weighted by Gasteiger charge is 2.18. The van der Waals surface area contributed by atoms with Gasteiger partial charge in [0.1, 0.15) is 13.2 Å². The molecule has 2 N–H and O–H groups in total. The van der Waals surface area contributed by atoms with Crippen LogP contribution in [0.2, 0.25) is 0 Å². The van der Waals surface area contributed by atoms with Gasteiger partial charge in [-0.1, -0.05) is 12.1 Å². The van der Waals surface area contributed by atoms with Gasteiger partial charge in [-0.25, -0.2) is 0 Å². The zero-order valence-corrected chi connectivity index (χ0v) is 22.3. The van der Waals surface area contributed by atoms with Crippen molar-refractivity contribution in [3.63, 3.8) is 0 Å². The lowest BCUT2D eigenvalue weighted by Crippen LogP contribution is -2.40. The third-order valence-electron chi connectivity index (χ3n) is 6.87. The van der Waals surface area contributed by atoms with Gasteiger partial charge in [-0.2, -0.15) is 0 Å². The molecule has 196 valence electrons. The molecule has 2 aliphatic heterocycles. The maximum absolute atomic E-state index is 13.1. The number of thiocarbonyl (C=S) groups is 1. The van der Waals surface area contributed by atoms with Gasteiger partial charge in [0.25, 0.3) is 5.56 Å². The lowest BCUT2D eigenvalue weighted by atomic mass is 10.1. The molecule has 37 heavy (non-hydrogen) atoms. The smallest absolute Gasteiger partial charge is 0.253 e. The summed E-state index contributed by atoms with van der Waals surface area (Å²) in [5.74, 6) is 1.36. The molecular formula is C28H34N4O4S. The molecule has 0 spiro atoms. The summed E-state index contributed by atoms with van der Waals surface area (Å²) < 4.78 is 16.9. The number of anilines is 1. The van der Waals surface area contributed by atoms with E-state index in [0.717, 1.165) is 73.5 Å². The van der Waals surface area contributed by atoms with Crippen molar-refractivity contribution in [2.45, 2.75) is 26.8 Å². The van der Waals surface area contributed by atoms with E-state index in [0.29, 0.717) is 41.9 Å². The number of aryl methyl sites for hydroxylation is 2. The summed E-state index contributed by atoms with van der Waals surface area (Å²) in [7, 11) is 0. The molecule has 8 nitrogen and oxygen atoms in total. The van der Waals surface area contributed by atoms with Crippen LogP contribution >= 0.6 is 12.2 Å². The number of nitrogens with one attached hydrogen (secondary N) is 2. The Bertz CT molecular complexity index is 1340. The van der Waals surface area contributed by atoms with Crippen LogP contribution < -0.4 is 20.3 Å². The molecule has 0 bridgehead atoms. The summed E-state index contributed by atoms with van der Waals surface area (Å²) in [6.07, 6.45) is 0.929. The number of fused-ring (bicyclic) bond motifs is 2. The number of benzene rings is 2. The highest BCUT2D eigenvalue weighted by atomic mass is 32.1. The highest BCUT2D eigenvalue weighted by Crippen LogP contribution is 2.33. The maximum Gasteiger partial charge on any atom is 0.253 e. The minimum absolute atomic E-state index is 0.128. The van der Waals surface area contributed by atoms with E-state index < -0.39 is 0 Å². The van der Waals surface area contributed by atoms with E-state index in [1.54, 1.807) is 0 Å². The molecule has 0 radical (unpaired) electrons. The first-order chi connectivity index (χ1) is 18.0. The molecule has 9 heteroatoms. The van der Waals surface area contributed by atoms with Crippen LogP contribution in [-0.2, 0) is 11.3 Å². The molecule has 1 fully saturated rings. The first-order valence-corrected chi connectivity index (χ1v) is 13.3. The molecule has 3 aromatic rings. The van der Waals surface area contributed by atoms with Crippen molar-refractivity contribution in [3.05, 3.63) is 63.4 Å². The van der Waals surface area contributed by atoms with Gasteiger partial charge in [0, 0.05) is 48.9 Å². The van der Waals surface area contributed by atoms with E-state index in [1.165, 1.54) is 0 Å². The van der Waals surface area contributed by atoms with Crippen LogP contribution in [0.15, 0.2) is 41.2 Å². The zero-order chi connectivity index (χ0) is 25.8. The topological polar surface area (TPSA) is 79.1 Å². The number of rotatable bonds is 7. The van der Waals surface area contributed by atoms with Crippen molar-refractivity contribution in [2.24, 2.45) is 0 Å². The van der Waals surface area contributed by atoms with Crippen LogP contribution in [-0.4, -0.2) is 72.5 Å². The van der Waals surface area contributed by atoms with Gasteiger partial charge in [-0.3, -0.25) is 9.69 Å². The summed E-state index contributed by atoms with van der Waals surface area (Å²) in [6, 6.07) is 12.0. The second-order valence-electron chi connectivity index (χ2n) is 9.68. The number of morpholine rings is 1. The summed E-state index contributed by atoms with van der Waals surface area (Å²) in [5, 5.41) is 4.94. The molecule has 2 aliphatic rings. The minimum atomic E-state index is -0.128. The third kappa shape index (κ3) is 6.23. The molecule has 0 atom stereocenters. The van der Waals surface area contributed by atoms with Crippen molar-refractivity contribution in [3.8, 4) is 11.5 Å². The minimum Gasteiger partial charge on any atom is -0.486 e. The number of hydrogen-bond donors (Lipinski definition) is 2. The molecule has 1 aromatic heterocycles. The lowest BCUT2D eigenvalue weighted by molar-refractivity contribution is 0.0367. The van der Waals surface area contributed by atoms with Crippen LogP contribution in [0.25, 0.3) is 10.9 Å². The van der Waals surface area contributed by atoms with Crippen molar-refractivity contribution < 1.29 is 14.2 Å². The van der Waals surface area contributed by atoms with Gasteiger partial charge in [-0.05, 0) is 61.8 Å². The van der Waals surface area contributed by atoms with E-state index in [1.807, 2.05) is 18.2 Å². The average molecular weight is 523 g/mol. The Labute approximate surface area is 222 Å². The van der Waals surface area contributed by atoms with Gasteiger partial charge < -0.3 is 29.4 Å². The number of H-pyrrole nitrogens is 1. The molecule has 1 saturated heterocycles. The molecule has 3 heterocycles. The maximum atomic E-state index is 13.1. The van der Waals surface area contributed by atoms with Crippen molar-refractivity contribution in [1.29, 1.82) is 0 Å². The summed E-state index contributed by atoms with van der Waals surface area (Å²) in [6.45, 7) is 10.7. The Kier molecular flexibility index (Phi) is 7.93. The lowest BCUT2D eigenvalue weighted by Gasteiger charge is -2.30. The summed E-state index contributed by atoms with van der Waals surface area (Å²) in [4.78, 5) is 20.6. The van der Waals surface area contributed by atoms with Gasteiger partial charge in [-0.15, -0.1) is 0 Å². The monoisotopic (exact) mass is 522 g/mol. The van der Waals surface area contributed by atoms with Crippen molar-refractivity contribution in [1.82, 2.24) is 14.8 Å². The molecule has 0 aliphatic carbocycles. The van der Waals surface area contributed by atoms with Crippen LogP contribution in [0, 0.1) is 13.8 Å². The Balaban J connectivity index is 1.37. The fourth-order valence-corrected chi connectivity index (χ4v) is 5.00. The second-order valence-corrected chi connectivity index (χ2v) is 10.1. The van der Waals surface area contributed by atoms with Gasteiger partial charge in [0.15, 0.2) is 16.6 Å². The van der Waals surface area contributed by atoms with Crippen molar-refractivity contribution in [2.75, 3.05) is 57.9 Å². The Morgan fingerprint density at radius 2 is 1.81 bits per heavy atom. The molecule has 0 saturated carbocycles. The number of hydrogen-bond acceptors (Lipinski definition) is 6. The van der Waals surface area contributed by atoms with E-state index in [2.05, 4.69) is 52.1 Å². The largest absolute Gasteiger partial charge is 0.486 e. The van der Waals surface area contributed by atoms with Crippen molar-refractivity contribution >= 4 is 33.9 Å². The number of aromatic nitrogens is 1. The first-order valence-electron chi connectivity index (χ1n) is 12.8. The number of pyridine rings is 1. The van der Waals surface area contributed by atoms with E-state index in [4.69, 9.17) is 26.4 Å². The summed E-state index contributed by atoms with van der Waals surface area (Å²) in [5.41, 5.74) is 4.52. The zero-order valence-electron chi connectivity index (χ0n) is 21.5. The highest BCUT2D eigenvalue weighted by molar-refractivity contribution is 7.80. The molecular weight excluding hydrogens is 488 g/mol. The second kappa shape index (κ2) is 11.5. The van der Waals surface area contributed by atoms with Crippen LogP contribution in [0.5, 0.6) is 11.5 Å². The van der Waals surface area contributed by atoms with Crippen LogP contribution in [0.4, 0.5) is 5.69 Å². The fraction of sp³-hybridized carbons (Fsp3) is 0.429. The predicted octanol–water partition coefficient (Wildman–Crippen LogP) is 3.84. The normalized spacial score (nSPS) is 15.5. The Morgan fingerprint density at radius 3 is 2.59 bits per heavy atom. The SMILES string of the molecule is Cc1ccc(C)c(NC(=S)N(CCCN2CCOCC2)Cc2cc3cc4c(cc3[nH]c2=O)OCCO4)c1. The quantitative estimate of drug-likeness (QED) is 0.454. The van der Waals surface area contributed by atoms with Crippen LogP contribution in [0.1, 0.15) is 23.1 Å². The van der Waals surface area contributed by atoms with E-state index >= 15 is 0 Å². The third-order valence-corrected chi connectivity index (χ3v) is 7.23. The summed E-state index contributed by atoms with van der Waals surface area (Å²) >= 11 is 5.88. The fourth-order valence-electron chi connectivity index (χ4n) is 4.74. The molecule has 5 rings (SSSR count). The van der Waals surface area contributed by atoms with E-state index in [-0.39, 0.29) is 5.56 Å². The number of aromatic amines is 1. The predicted molar refractivity (Wildman–Crippen MR) is 150 cm³/mol. The molecule has 0 amide bonds. The first kappa shape index (κ1) is 25.5. The number of nitrogens with zero attached hydrogens (tertiary/aromatic N) is 2. The van der Waals surface area contributed by atoms with Gasteiger partial charge in [0.05, 0.1) is 25.3 Å². The Hall–Kier alpha value is -3.14. The molecule has 2 aromatic carbocycles. The molecule has 0 unspecified atom stereocenters. The van der Waals surface area contributed by atoms with Gasteiger partial charge in [0.2, 0.25) is 0 Å². The van der Waals surface area contributed by atoms with Crippen LogP contribution in [0.3, 0.4) is 0 Å². The standard InChI is InChI=1S/C28H34N4O4S/c1-19-4-5-20(2)23(14-19)30-28(37)32(7-3-6-31-8-10-34-11-9-31)18-22-15-21-16-25-26(36-13-12-35-25)17-24(21)29-27(22)33/h4-5,14-17H,3,6-13,18H2,1-2H3,(H,29,33)(H,30,37).